The fourth-order valence-electron chi connectivity index (χ4n) is 4.87. The molecule has 0 aliphatic rings. The zero-order valence-electron chi connectivity index (χ0n) is 39.6. The number of rotatable bonds is 20. The van der Waals surface area contributed by atoms with Gasteiger partial charge >= 0.3 is 5.97 Å². The number of methoxy groups -OCH3 is 1. The highest BCUT2D eigenvalue weighted by Crippen LogP contribution is 2.05. The van der Waals surface area contributed by atoms with Crippen LogP contribution < -0.4 is 11.1 Å². The van der Waals surface area contributed by atoms with Gasteiger partial charge in [-0.05, 0) is 81.9 Å². The largest absolute Gasteiger partial charge is 0.459 e. The number of ether oxygens (including phenoxy) is 1. The van der Waals surface area contributed by atoms with E-state index in [9.17, 15) is 14.4 Å². The molecule has 16 heteroatoms. The number of benzene rings is 2. The van der Waals surface area contributed by atoms with Crippen LogP contribution in [0.25, 0.3) is 10.4 Å². The average molecular weight is 914 g/mol. The molecule has 0 aliphatic carbocycles. The van der Waals surface area contributed by atoms with Crippen molar-refractivity contribution < 1.29 is 24.2 Å². The van der Waals surface area contributed by atoms with Gasteiger partial charge < -0.3 is 20.9 Å². The van der Waals surface area contributed by atoms with Crippen LogP contribution in [-0.2, 0) is 35.7 Å². The van der Waals surface area contributed by atoms with Crippen LogP contribution in [0.2, 0.25) is 0 Å². The Bertz CT molecular complexity index is 2240. The Balaban J connectivity index is 0. The van der Waals surface area contributed by atoms with E-state index in [1.807, 2.05) is 43.3 Å². The number of hydrogen-bond acceptors (Lipinski definition) is 11. The molecule has 0 aliphatic heterocycles. The molecule has 1 amide bonds. The molecule has 0 unspecified atom stereocenters. The van der Waals surface area contributed by atoms with Gasteiger partial charge in [0.25, 0.3) is 5.91 Å². The van der Waals surface area contributed by atoms with Crippen molar-refractivity contribution in [2.75, 3.05) is 20.3 Å². The van der Waals surface area contributed by atoms with Crippen molar-refractivity contribution in [2.24, 2.45) is 10.8 Å². The van der Waals surface area contributed by atoms with E-state index in [0.717, 1.165) is 95.7 Å². The first kappa shape index (κ1) is 61.4. The number of aromatic nitrogens is 6. The molecule has 0 radical (unpaired) electrons. The second-order valence-electron chi connectivity index (χ2n) is 14.1. The van der Waals surface area contributed by atoms with E-state index in [4.69, 9.17) is 42.1 Å². The van der Waals surface area contributed by atoms with Gasteiger partial charge in [0.05, 0.1) is 19.5 Å². The minimum Gasteiger partial charge on any atom is -0.459 e. The lowest BCUT2D eigenvalue weighted by molar-refractivity contribution is -0.133. The third-order valence-electron chi connectivity index (χ3n) is 8.37. The molecular weight excluding hydrogens is 847 g/mol. The highest BCUT2D eigenvalue weighted by atomic mass is 16.5. The number of terminal acetylenes is 5. The molecule has 356 valence electrons. The summed E-state index contributed by atoms with van der Waals surface area (Å²) >= 11 is 0. The molecular formula is C51H67N11O5. The Morgan fingerprint density at radius 3 is 1.64 bits per heavy atom. The number of azide groups is 1. The molecule has 2 aromatic carbocycles. The number of esters is 1. The second-order valence-corrected chi connectivity index (χ2v) is 14.1. The Morgan fingerprint density at radius 2 is 1.24 bits per heavy atom. The summed E-state index contributed by atoms with van der Waals surface area (Å²) in [6.07, 6.45) is 38.7. The van der Waals surface area contributed by atoms with Crippen LogP contribution in [0.1, 0.15) is 127 Å². The quantitative estimate of drug-likeness (QED) is 0.0114. The molecule has 0 bridgehead atoms. The monoisotopic (exact) mass is 914 g/mol. The number of Topliss-reactive ketones (excluding diaryl/α,β-unsaturated/α-hetero) is 1. The average Bonchev–Trinajstić information content (AvgIpc) is 4.03. The standard InChI is InChI=1S/C17H20N4O.C10H13N3O.C8H11N.C6H9N3.C6H10O.C4H4O2/c1-3-4-5-6-10-21-13-16(19-20-21)17(22)18-12-15-9-7-8-14(2)11-15;1-3-4-5-6-7-13-8-10(9(2)14)11-12-13;1-7-3-2-4-8(5-7)6-9;1-2-3-4-5-6-8-9-7;1-2-3-4-5-6-7;1-3-4(5)6-2/h1,7-9,11,13H,4-6,10,12H2,2H3,(H,18,22);1,8H,4-7H2,2H3;2-5H,6,9H2,1H3;1H,3-6H2;1,7H,3-6H2;1H,2H3. The fourth-order valence-corrected chi connectivity index (χ4v) is 4.87. The first-order valence-electron chi connectivity index (χ1n) is 21.7. The van der Waals surface area contributed by atoms with E-state index in [-0.39, 0.29) is 18.3 Å². The second kappa shape index (κ2) is 43.6. The van der Waals surface area contributed by atoms with Gasteiger partial charge in [-0.3, -0.25) is 19.0 Å². The van der Waals surface area contributed by atoms with Crippen molar-refractivity contribution in [3.05, 3.63) is 105 Å². The number of amides is 1. The minimum absolute atomic E-state index is 0.0557. The normalized spacial score (nSPS) is 9.03. The molecule has 16 nitrogen and oxygen atoms in total. The summed E-state index contributed by atoms with van der Waals surface area (Å²) in [5.74, 6) is 11.0. The molecule has 0 saturated heterocycles. The maximum Gasteiger partial charge on any atom is 0.383 e. The zero-order valence-corrected chi connectivity index (χ0v) is 39.6. The number of nitrogens with zero attached hydrogens (tertiary/aromatic N) is 9. The van der Waals surface area contributed by atoms with Crippen molar-refractivity contribution >= 4 is 17.7 Å². The molecule has 4 N–H and O–H groups in total. The van der Waals surface area contributed by atoms with Crippen LogP contribution in [0, 0.1) is 75.6 Å². The number of aliphatic hydroxyl groups is 1. The maximum atomic E-state index is 12.0. The van der Waals surface area contributed by atoms with Crippen molar-refractivity contribution in [3.63, 3.8) is 0 Å². The van der Waals surface area contributed by atoms with Crippen LogP contribution in [0.5, 0.6) is 0 Å². The van der Waals surface area contributed by atoms with Gasteiger partial charge in [0, 0.05) is 82.8 Å². The molecule has 2 aromatic heterocycles. The van der Waals surface area contributed by atoms with Crippen LogP contribution in [0.15, 0.2) is 66.0 Å². The van der Waals surface area contributed by atoms with Crippen molar-refractivity contribution in [1.29, 1.82) is 0 Å². The van der Waals surface area contributed by atoms with E-state index in [0.29, 0.717) is 31.0 Å². The van der Waals surface area contributed by atoms with E-state index in [1.54, 1.807) is 27.7 Å². The minimum atomic E-state index is -0.630. The molecule has 0 spiro atoms. The number of aliphatic hydroxyl groups excluding tert-OH is 1. The van der Waals surface area contributed by atoms with E-state index < -0.39 is 5.97 Å². The molecule has 4 rings (SSSR count). The Hall–Kier alpha value is -7.64. The van der Waals surface area contributed by atoms with Gasteiger partial charge in [0.2, 0.25) is 0 Å². The summed E-state index contributed by atoms with van der Waals surface area (Å²) in [5, 5.41) is 29.9. The number of carbonyl (C=O) groups excluding carboxylic acids is 3. The van der Waals surface area contributed by atoms with Gasteiger partial charge in [0.1, 0.15) is 5.69 Å². The van der Waals surface area contributed by atoms with Crippen LogP contribution in [-0.4, -0.2) is 73.0 Å². The number of nitrogens with one attached hydrogen (secondary N) is 1. The zero-order chi connectivity index (χ0) is 50.3. The van der Waals surface area contributed by atoms with Crippen LogP contribution in [0.3, 0.4) is 0 Å². The lowest BCUT2D eigenvalue weighted by Crippen LogP contribution is -2.23. The first-order chi connectivity index (χ1) is 32.4. The third-order valence-corrected chi connectivity index (χ3v) is 8.37. The Morgan fingerprint density at radius 1 is 0.761 bits per heavy atom. The van der Waals surface area contributed by atoms with E-state index in [1.165, 1.54) is 30.7 Å². The predicted molar refractivity (Wildman–Crippen MR) is 264 cm³/mol. The number of carbonyl (C=O) groups is 3. The van der Waals surface area contributed by atoms with Crippen LogP contribution in [0.4, 0.5) is 0 Å². The molecule has 4 aromatic rings. The molecule has 0 saturated carbocycles. The first-order valence-corrected chi connectivity index (χ1v) is 21.7. The summed E-state index contributed by atoms with van der Waals surface area (Å²) < 4.78 is 7.38. The summed E-state index contributed by atoms with van der Waals surface area (Å²) in [6, 6.07) is 16.3. The van der Waals surface area contributed by atoms with Gasteiger partial charge in [-0.1, -0.05) is 75.2 Å². The number of aryl methyl sites for hydroxylation is 4. The van der Waals surface area contributed by atoms with E-state index >= 15 is 0 Å². The maximum absolute atomic E-state index is 12.0. The molecule has 0 fully saturated rings. The number of nitrogens with two attached hydrogens (primary N) is 1. The topological polar surface area (TPSA) is 229 Å². The van der Waals surface area contributed by atoms with Crippen molar-refractivity contribution in [1.82, 2.24) is 35.3 Å². The Kier molecular flexibility index (Phi) is 40.0. The molecule has 0 atom stereocenters. The van der Waals surface area contributed by atoms with Gasteiger partial charge in [-0.2, -0.15) is 0 Å². The summed E-state index contributed by atoms with van der Waals surface area (Å²) in [6.45, 7) is 9.02. The number of hydrogen-bond donors (Lipinski definition) is 3. The summed E-state index contributed by atoms with van der Waals surface area (Å²) in [7, 11) is 1.24. The SMILES string of the molecule is C#CC(=O)OC.C#CCCCCN=[N+]=[N-].C#CCCCCO.C#CCCCCn1cc(C(=O)NCc2cccc(C)c2)nn1.C#CCCCCn1cc(C(C)=O)nn1.Cc1cccc(CN)c1. The summed E-state index contributed by atoms with van der Waals surface area (Å²) in [4.78, 5) is 35.3. The Labute approximate surface area is 397 Å². The van der Waals surface area contributed by atoms with Crippen molar-refractivity contribution in [2.45, 2.75) is 124 Å². The van der Waals surface area contributed by atoms with Crippen molar-refractivity contribution in [3.8, 4) is 61.7 Å². The highest BCUT2D eigenvalue weighted by Gasteiger charge is 2.10. The molecule has 2 heterocycles. The lowest BCUT2D eigenvalue weighted by atomic mass is 10.1. The molecule has 67 heavy (non-hydrogen) atoms. The van der Waals surface area contributed by atoms with Gasteiger partial charge in [-0.15, -0.1) is 66.0 Å². The van der Waals surface area contributed by atoms with E-state index in [2.05, 4.69) is 89.9 Å². The number of ketones is 1. The van der Waals surface area contributed by atoms with Gasteiger partial charge in [0.15, 0.2) is 11.5 Å². The van der Waals surface area contributed by atoms with Crippen LogP contribution >= 0.6 is 0 Å². The number of unbranched alkanes of at least 4 members (excludes halogenated alkanes) is 8. The third kappa shape index (κ3) is 36.4. The lowest BCUT2D eigenvalue weighted by Gasteiger charge is -2.04. The van der Waals surface area contributed by atoms with Gasteiger partial charge in [-0.25, -0.2) is 4.79 Å². The smallest absolute Gasteiger partial charge is 0.383 e. The fraction of sp³-hybridized carbons (Fsp3) is 0.431. The highest BCUT2D eigenvalue weighted by molar-refractivity contribution is 5.92. The predicted octanol–water partition coefficient (Wildman–Crippen LogP) is 7.73. The summed E-state index contributed by atoms with van der Waals surface area (Å²) in [5.41, 5.74) is 18.7.